The van der Waals surface area contributed by atoms with Crippen LogP contribution >= 0.6 is 11.6 Å². The van der Waals surface area contributed by atoms with Gasteiger partial charge in [0.05, 0.1) is 6.04 Å². The molecule has 0 bridgehead atoms. The lowest BCUT2D eigenvalue weighted by Gasteiger charge is -2.42. The van der Waals surface area contributed by atoms with E-state index in [1.807, 2.05) is 12.1 Å². The van der Waals surface area contributed by atoms with E-state index in [9.17, 15) is 0 Å². The van der Waals surface area contributed by atoms with E-state index in [0.29, 0.717) is 12.1 Å². The highest BCUT2D eigenvalue weighted by atomic mass is 35.5. The van der Waals surface area contributed by atoms with Crippen LogP contribution in [0, 0.1) is 0 Å². The van der Waals surface area contributed by atoms with Crippen molar-refractivity contribution in [3.8, 4) is 0 Å². The average Bonchev–Trinajstić information content (AvgIpc) is 2.54. The van der Waals surface area contributed by atoms with Crippen LogP contribution in [0.1, 0.15) is 64.0 Å². The Morgan fingerprint density at radius 1 is 1.14 bits per heavy atom. The molecule has 2 unspecified atom stereocenters. The first kappa shape index (κ1) is 16.8. The summed E-state index contributed by atoms with van der Waals surface area (Å²) in [6, 6.07) is 9.43. The fraction of sp³-hybridized carbons (Fsp3) is 0.667. The third kappa shape index (κ3) is 4.21. The quantitative estimate of drug-likeness (QED) is 0.820. The molecule has 21 heavy (non-hydrogen) atoms. The molecule has 1 aliphatic rings. The standard InChI is InChI=1S/C18H29ClN2/c1-3-17(20)18(14-10-12-15(19)13-11-14)21(4-2)16-8-6-5-7-9-16/h10-13,16-18H,3-9,20H2,1-2H3. The van der Waals surface area contributed by atoms with E-state index in [1.54, 1.807) is 0 Å². The molecule has 2 nitrogen and oxygen atoms in total. The van der Waals surface area contributed by atoms with Gasteiger partial charge in [0.2, 0.25) is 0 Å². The van der Waals surface area contributed by atoms with Gasteiger partial charge in [-0.25, -0.2) is 0 Å². The van der Waals surface area contributed by atoms with E-state index in [2.05, 4.69) is 30.9 Å². The summed E-state index contributed by atoms with van der Waals surface area (Å²) in [7, 11) is 0. The van der Waals surface area contributed by atoms with E-state index in [1.165, 1.54) is 37.7 Å². The van der Waals surface area contributed by atoms with Crippen molar-refractivity contribution in [3.63, 3.8) is 0 Å². The molecule has 0 amide bonds. The van der Waals surface area contributed by atoms with E-state index in [-0.39, 0.29) is 6.04 Å². The van der Waals surface area contributed by atoms with Crippen LogP contribution in [-0.4, -0.2) is 23.5 Å². The first-order valence-corrected chi connectivity index (χ1v) is 8.82. The van der Waals surface area contributed by atoms with E-state index >= 15 is 0 Å². The fourth-order valence-corrected chi connectivity index (χ4v) is 3.79. The van der Waals surface area contributed by atoms with Gasteiger partial charge in [0, 0.05) is 17.1 Å². The minimum atomic E-state index is 0.174. The molecule has 2 rings (SSSR count). The maximum atomic E-state index is 6.50. The molecule has 0 aliphatic heterocycles. The first-order valence-electron chi connectivity index (χ1n) is 8.44. The largest absolute Gasteiger partial charge is 0.326 e. The van der Waals surface area contributed by atoms with Gasteiger partial charge in [-0.3, -0.25) is 4.90 Å². The Bertz CT molecular complexity index is 412. The average molecular weight is 309 g/mol. The van der Waals surface area contributed by atoms with Crippen molar-refractivity contribution in [3.05, 3.63) is 34.9 Å². The van der Waals surface area contributed by atoms with Crippen LogP contribution < -0.4 is 5.73 Å². The Hall–Kier alpha value is -0.570. The summed E-state index contributed by atoms with van der Waals surface area (Å²) in [4.78, 5) is 2.64. The molecule has 3 heteroatoms. The third-order valence-electron chi connectivity index (χ3n) is 4.85. The summed E-state index contributed by atoms with van der Waals surface area (Å²) in [5.41, 5.74) is 7.80. The molecule has 1 aromatic rings. The smallest absolute Gasteiger partial charge is 0.0501 e. The van der Waals surface area contributed by atoms with Crippen molar-refractivity contribution in [2.24, 2.45) is 5.73 Å². The van der Waals surface area contributed by atoms with Crippen LogP contribution in [0.5, 0.6) is 0 Å². The number of nitrogens with zero attached hydrogens (tertiary/aromatic N) is 1. The molecular weight excluding hydrogens is 280 g/mol. The summed E-state index contributed by atoms with van der Waals surface area (Å²) in [6.07, 6.45) is 7.73. The van der Waals surface area contributed by atoms with Crippen LogP contribution in [0.3, 0.4) is 0 Å². The summed E-state index contributed by atoms with van der Waals surface area (Å²) in [5, 5.41) is 0.795. The van der Waals surface area contributed by atoms with Gasteiger partial charge >= 0.3 is 0 Å². The molecule has 2 atom stereocenters. The molecule has 0 aromatic heterocycles. The lowest BCUT2D eigenvalue weighted by molar-refractivity contribution is 0.0931. The highest BCUT2D eigenvalue weighted by Crippen LogP contribution is 2.33. The lowest BCUT2D eigenvalue weighted by Crippen LogP contribution is -2.46. The van der Waals surface area contributed by atoms with Crippen LogP contribution in [0.15, 0.2) is 24.3 Å². The molecule has 1 fully saturated rings. The SMILES string of the molecule is CCC(N)C(c1ccc(Cl)cc1)N(CC)C1CCCCC1. The molecule has 118 valence electrons. The minimum absolute atomic E-state index is 0.174. The second kappa shape index (κ2) is 8.17. The predicted molar refractivity (Wildman–Crippen MR) is 91.7 cm³/mol. The number of hydrogen-bond acceptors (Lipinski definition) is 2. The zero-order valence-electron chi connectivity index (χ0n) is 13.4. The molecule has 1 saturated carbocycles. The highest BCUT2D eigenvalue weighted by molar-refractivity contribution is 6.30. The number of benzene rings is 1. The molecule has 0 heterocycles. The summed E-state index contributed by atoms with van der Waals surface area (Å²) < 4.78 is 0. The molecule has 1 aromatic carbocycles. The zero-order valence-corrected chi connectivity index (χ0v) is 14.1. The van der Waals surface area contributed by atoms with Gasteiger partial charge in [0.1, 0.15) is 0 Å². The van der Waals surface area contributed by atoms with Crippen molar-refractivity contribution in [1.29, 1.82) is 0 Å². The molecule has 0 spiro atoms. The van der Waals surface area contributed by atoms with Crippen molar-refractivity contribution in [1.82, 2.24) is 4.90 Å². The second-order valence-corrected chi connectivity index (χ2v) is 6.63. The predicted octanol–water partition coefficient (Wildman–Crippen LogP) is 4.77. The van der Waals surface area contributed by atoms with Crippen LogP contribution in [0.4, 0.5) is 0 Å². The topological polar surface area (TPSA) is 29.3 Å². The lowest BCUT2D eigenvalue weighted by atomic mass is 9.89. The second-order valence-electron chi connectivity index (χ2n) is 6.19. The summed E-state index contributed by atoms with van der Waals surface area (Å²) >= 11 is 6.05. The monoisotopic (exact) mass is 308 g/mol. The van der Waals surface area contributed by atoms with Gasteiger partial charge in [0.15, 0.2) is 0 Å². The molecule has 2 N–H and O–H groups in total. The molecule has 0 saturated heterocycles. The van der Waals surface area contributed by atoms with Gasteiger partial charge in [-0.05, 0) is 43.5 Å². The number of likely N-dealkylation sites (N-methyl/N-ethyl adjacent to an activating group) is 1. The van der Waals surface area contributed by atoms with Crippen LogP contribution in [0.2, 0.25) is 5.02 Å². The Kier molecular flexibility index (Phi) is 6.53. The highest BCUT2D eigenvalue weighted by Gasteiger charge is 2.30. The van der Waals surface area contributed by atoms with Crippen molar-refractivity contribution in [2.45, 2.75) is 70.5 Å². The Morgan fingerprint density at radius 2 is 1.76 bits per heavy atom. The minimum Gasteiger partial charge on any atom is -0.326 e. The van der Waals surface area contributed by atoms with E-state index in [4.69, 9.17) is 17.3 Å². The Balaban J connectivity index is 2.26. The number of halogens is 1. The zero-order chi connectivity index (χ0) is 15.2. The number of hydrogen-bond donors (Lipinski definition) is 1. The molecular formula is C18H29ClN2. The van der Waals surface area contributed by atoms with Crippen LogP contribution in [-0.2, 0) is 0 Å². The van der Waals surface area contributed by atoms with Gasteiger partial charge in [-0.15, -0.1) is 0 Å². The van der Waals surface area contributed by atoms with E-state index in [0.717, 1.165) is 18.0 Å². The van der Waals surface area contributed by atoms with Gasteiger partial charge in [-0.1, -0.05) is 56.8 Å². The van der Waals surface area contributed by atoms with E-state index < -0.39 is 0 Å². The van der Waals surface area contributed by atoms with Crippen molar-refractivity contribution in [2.75, 3.05) is 6.54 Å². The molecule has 1 aliphatic carbocycles. The van der Waals surface area contributed by atoms with Crippen molar-refractivity contribution < 1.29 is 0 Å². The first-order chi connectivity index (χ1) is 10.2. The van der Waals surface area contributed by atoms with Crippen molar-refractivity contribution >= 4 is 11.6 Å². The van der Waals surface area contributed by atoms with Gasteiger partial charge in [0.25, 0.3) is 0 Å². The maximum absolute atomic E-state index is 6.50. The fourth-order valence-electron chi connectivity index (χ4n) is 3.66. The Labute approximate surface area is 134 Å². The summed E-state index contributed by atoms with van der Waals surface area (Å²) in [6.45, 7) is 5.51. The Morgan fingerprint density at radius 3 is 2.29 bits per heavy atom. The summed E-state index contributed by atoms with van der Waals surface area (Å²) in [5.74, 6) is 0. The number of rotatable bonds is 6. The third-order valence-corrected chi connectivity index (χ3v) is 5.11. The van der Waals surface area contributed by atoms with Gasteiger partial charge < -0.3 is 5.73 Å². The van der Waals surface area contributed by atoms with Gasteiger partial charge in [-0.2, -0.15) is 0 Å². The number of nitrogens with two attached hydrogens (primary N) is 1. The normalized spacial score (nSPS) is 19.7. The molecule has 0 radical (unpaired) electrons. The maximum Gasteiger partial charge on any atom is 0.0501 e. The van der Waals surface area contributed by atoms with Crippen LogP contribution in [0.25, 0.3) is 0 Å².